The SMILES string of the molecule is CC(C)(C)OC(=O)N(Cc1ccc(CN(Cc2nc(C(OCC[Si](C)(C)C)c3ccc(F)cc3)c[nH]2)C2CCCc3cccnc32)cc1)Cc1ccccn1. The summed E-state index contributed by atoms with van der Waals surface area (Å²) in [4.78, 5) is 35.3. The van der Waals surface area contributed by atoms with E-state index < -0.39 is 19.8 Å². The Balaban J connectivity index is 1.23. The highest BCUT2D eigenvalue weighted by molar-refractivity contribution is 6.76. The van der Waals surface area contributed by atoms with Gasteiger partial charge in [-0.05, 0) is 98.7 Å². The lowest BCUT2D eigenvalue weighted by atomic mass is 9.90. The van der Waals surface area contributed by atoms with Crippen LogP contribution < -0.4 is 0 Å². The number of nitrogens with zero attached hydrogens (tertiary/aromatic N) is 5. The second-order valence-corrected chi connectivity index (χ2v) is 22.3. The Morgan fingerprint density at radius 3 is 2.33 bits per heavy atom. The molecule has 0 spiro atoms. The molecule has 1 aliphatic carbocycles. The third-order valence-corrected chi connectivity index (χ3v) is 11.4. The van der Waals surface area contributed by atoms with E-state index in [0.29, 0.717) is 32.8 Å². The smallest absolute Gasteiger partial charge is 0.410 e. The number of amides is 1. The predicted molar refractivity (Wildman–Crippen MR) is 216 cm³/mol. The number of carbonyl (C=O) groups excluding carboxylic acids is 1. The zero-order chi connectivity index (χ0) is 39.0. The van der Waals surface area contributed by atoms with E-state index in [0.717, 1.165) is 64.9 Å². The lowest BCUT2D eigenvalue weighted by molar-refractivity contribution is 0.0214. The van der Waals surface area contributed by atoms with Crippen LogP contribution >= 0.6 is 0 Å². The Bertz CT molecular complexity index is 1980. The molecule has 6 rings (SSSR count). The number of halogens is 1. The van der Waals surface area contributed by atoms with Gasteiger partial charge in [0.1, 0.15) is 23.3 Å². The van der Waals surface area contributed by atoms with Crippen molar-refractivity contribution >= 4 is 14.2 Å². The van der Waals surface area contributed by atoms with Crippen LogP contribution in [-0.4, -0.2) is 56.1 Å². The minimum absolute atomic E-state index is 0.111. The molecule has 9 nitrogen and oxygen atoms in total. The quantitative estimate of drug-likeness (QED) is 0.106. The molecule has 0 fully saturated rings. The standard InChI is InChI=1S/C44H55FN6O3Si/c1-44(2,3)54-43(52)51(30-37-13-7-8-23-46-37)29-33-17-15-32(16-18-33)28-50(39-14-9-11-34-12-10-24-47-41(34)39)31-40-48-27-38(49-40)42(53-25-26-55(4,5)6)35-19-21-36(45)22-20-35/h7-8,10,12-13,15-24,27,39,42H,9,11,14,25-26,28-31H2,1-6H3,(H,48,49). The number of aryl methyl sites for hydroxylation is 1. The summed E-state index contributed by atoms with van der Waals surface area (Å²) in [5.41, 5.74) is 6.40. The van der Waals surface area contributed by atoms with Crippen LogP contribution in [0.4, 0.5) is 9.18 Å². The lowest BCUT2D eigenvalue weighted by Gasteiger charge is -2.34. The number of pyridine rings is 2. The van der Waals surface area contributed by atoms with Gasteiger partial charge < -0.3 is 14.5 Å². The van der Waals surface area contributed by atoms with E-state index >= 15 is 0 Å². The van der Waals surface area contributed by atoms with Crippen molar-refractivity contribution < 1.29 is 18.7 Å². The number of H-pyrrole nitrogens is 1. The van der Waals surface area contributed by atoms with E-state index in [-0.39, 0.29) is 18.0 Å². The van der Waals surface area contributed by atoms with Crippen LogP contribution in [-0.2, 0) is 42.1 Å². The van der Waals surface area contributed by atoms with Gasteiger partial charge in [-0.2, -0.15) is 0 Å². The predicted octanol–water partition coefficient (Wildman–Crippen LogP) is 9.80. The number of aromatic amines is 1. The molecule has 2 unspecified atom stereocenters. The molecule has 0 bridgehead atoms. The summed E-state index contributed by atoms with van der Waals surface area (Å²) < 4.78 is 26.2. The average Bonchev–Trinajstić information content (AvgIpc) is 3.61. The average molecular weight is 763 g/mol. The molecule has 0 saturated carbocycles. The van der Waals surface area contributed by atoms with Gasteiger partial charge in [-0.1, -0.05) is 68.2 Å². The molecule has 3 aromatic heterocycles. The second-order valence-electron chi connectivity index (χ2n) is 16.7. The van der Waals surface area contributed by atoms with Crippen molar-refractivity contribution in [2.75, 3.05) is 6.61 Å². The van der Waals surface area contributed by atoms with Gasteiger partial charge in [-0.3, -0.25) is 19.8 Å². The van der Waals surface area contributed by atoms with Crippen LogP contribution in [0.25, 0.3) is 0 Å². The van der Waals surface area contributed by atoms with Crippen molar-refractivity contribution in [3.05, 3.63) is 148 Å². The van der Waals surface area contributed by atoms with Gasteiger partial charge in [-0.25, -0.2) is 14.2 Å². The number of rotatable bonds is 15. The number of carbonyl (C=O) groups is 1. The molecule has 1 amide bonds. The number of fused-ring (bicyclic) bond motifs is 1. The van der Waals surface area contributed by atoms with Crippen LogP contribution in [0.1, 0.15) is 90.9 Å². The lowest BCUT2D eigenvalue weighted by Crippen LogP contribution is -2.36. The maximum Gasteiger partial charge on any atom is 0.410 e. The maximum atomic E-state index is 13.9. The topological polar surface area (TPSA) is 96.5 Å². The summed E-state index contributed by atoms with van der Waals surface area (Å²) in [6.07, 6.45) is 7.87. The highest BCUT2D eigenvalue weighted by Gasteiger charge is 2.29. The van der Waals surface area contributed by atoms with Crippen molar-refractivity contribution in [2.24, 2.45) is 0 Å². The van der Waals surface area contributed by atoms with Gasteiger partial charge in [0, 0.05) is 46.4 Å². The van der Waals surface area contributed by atoms with Crippen LogP contribution in [0.15, 0.2) is 97.5 Å². The zero-order valence-corrected chi connectivity index (χ0v) is 34.1. The minimum Gasteiger partial charge on any atom is -0.444 e. The molecule has 3 heterocycles. The van der Waals surface area contributed by atoms with Crippen molar-refractivity contribution in [3.8, 4) is 0 Å². The van der Waals surface area contributed by atoms with E-state index in [4.69, 9.17) is 19.4 Å². The third-order valence-electron chi connectivity index (χ3n) is 9.70. The monoisotopic (exact) mass is 762 g/mol. The van der Waals surface area contributed by atoms with E-state index in [1.165, 1.54) is 17.7 Å². The normalized spacial score (nSPS) is 15.1. The molecule has 2 atom stereocenters. The second kappa shape index (κ2) is 17.8. The number of hydrogen-bond acceptors (Lipinski definition) is 7. The fourth-order valence-corrected chi connectivity index (χ4v) is 7.61. The van der Waals surface area contributed by atoms with Gasteiger partial charge in [0.25, 0.3) is 0 Å². The number of aromatic nitrogens is 4. The molecule has 5 aromatic rings. The summed E-state index contributed by atoms with van der Waals surface area (Å²) in [6.45, 7) is 15.2. The zero-order valence-electron chi connectivity index (χ0n) is 33.1. The van der Waals surface area contributed by atoms with Crippen molar-refractivity contribution in [1.29, 1.82) is 0 Å². The minimum atomic E-state index is -1.33. The van der Waals surface area contributed by atoms with E-state index in [1.54, 1.807) is 23.2 Å². The Morgan fingerprint density at radius 2 is 1.64 bits per heavy atom. The first-order chi connectivity index (χ1) is 26.3. The first kappa shape index (κ1) is 40.0. The summed E-state index contributed by atoms with van der Waals surface area (Å²) in [5, 5.41) is 0. The molecule has 11 heteroatoms. The highest BCUT2D eigenvalue weighted by atomic mass is 28.3. The van der Waals surface area contributed by atoms with Crippen molar-refractivity contribution in [3.63, 3.8) is 0 Å². The third kappa shape index (κ3) is 11.6. The van der Waals surface area contributed by atoms with Crippen LogP contribution in [0.5, 0.6) is 0 Å². The summed E-state index contributed by atoms with van der Waals surface area (Å²) >= 11 is 0. The van der Waals surface area contributed by atoms with Crippen LogP contribution in [0.3, 0.4) is 0 Å². The molecule has 0 aliphatic heterocycles. The van der Waals surface area contributed by atoms with Gasteiger partial charge in [0.15, 0.2) is 0 Å². The summed E-state index contributed by atoms with van der Waals surface area (Å²) in [7, 11) is -1.33. The number of ether oxygens (including phenoxy) is 2. The Labute approximate surface area is 326 Å². The maximum absolute atomic E-state index is 13.9. The van der Waals surface area contributed by atoms with Gasteiger partial charge in [-0.15, -0.1) is 0 Å². The summed E-state index contributed by atoms with van der Waals surface area (Å²) in [5.74, 6) is 0.556. The van der Waals surface area contributed by atoms with E-state index in [1.807, 2.05) is 57.4 Å². The van der Waals surface area contributed by atoms with Crippen LogP contribution in [0.2, 0.25) is 25.7 Å². The highest BCUT2D eigenvalue weighted by Crippen LogP contribution is 2.35. The fraction of sp³-hybridized carbons (Fsp3) is 0.409. The van der Waals surface area contributed by atoms with Gasteiger partial charge in [0.2, 0.25) is 0 Å². The molecule has 1 N–H and O–H groups in total. The molecule has 290 valence electrons. The Morgan fingerprint density at radius 1 is 0.909 bits per heavy atom. The molecule has 55 heavy (non-hydrogen) atoms. The first-order valence-electron chi connectivity index (χ1n) is 19.3. The van der Waals surface area contributed by atoms with Crippen LogP contribution in [0, 0.1) is 5.82 Å². The molecule has 0 saturated heterocycles. The van der Waals surface area contributed by atoms with E-state index in [2.05, 4.69) is 64.8 Å². The first-order valence-corrected chi connectivity index (χ1v) is 23.1. The van der Waals surface area contributed by atoms with Crippen molar-refractivity contribution in [1.82, 2.24) is 29.7 Å². The van der Waals surface area contributed by atoms with E-state index in [9.17, 15) is 9.18 Å². The number of benzene rings is 2. The Hall–Kier alpha value is -4.71. The number of hydrogen-bond donors (Lipinski definition) is 1. The molecule has 2 aromatic carbocycles. The summed E-state index contributed by atoms with van der Waals surface area (Å²) in [6, 6.07) is 26.1. The fourth-order valence-electron chi connectivity index (χ4n) is 6.88. The van der Waals surface area contributed by atoms with Crippen molar-refractivity contribution in [2.45, 2.75) is 110 Å². The number of imidazole rings is 1. The molecular weight excluding hydrogens is 708 g/mol. The molecule has 1 aliphatic rings. The molecule has 0 radical (unpaired) electrons. The largest absolute Gasteiger partial charge is 0.444 e. The van der Waals surface area contributed by atoms with Gasteiger partial charge in [0.05, 0.1) is 36.2 Å². The number of nitrogens with one attached hydrogen (secondary N) is 1. The Kier molecular flexibility index (Phi) is 13.0. The molecular formula is C44H55FN6O3Si. The van der Waals surface area contributed by atoms with Gasteiger partial charge >= 0.3 is 6.09 Å².